The maximum Gasteiger partial charge on any atom is 0.321 e. The fourth-order valence-electron chi connectivity index (χ4n) is 1.01. The van der Waals surface area contributed by atoms with Gasteiger partial charge in [-0.05, 0) is 19.1 Å². The Hall–Kier alpha value is -1.00. The van der Waals surface area contributed by atoms with Crippen LogP contribution in [0.4, 0.5) is 14.9 Å². The molecule has 0 saturated carbocycles. The summed E-state index contributed by atoms with van der Waals surface area (Å²) in [4.78, 5) is 13.0. The number of amides is 2. The first-order valence-corrected chi connectivity index (χ1v) is 5.38. The predicted molar refractivity (Wildman–Crippen MR) is 63.7 cm³/mol. The Morgan fingerprint density at radius 2 is 1.94 bits per heavy atom. The van der Waals surface area contributed by atoms with E-state index in [-0.39, 0.29) is 21.8 Å². The third kappa shape index (κ3) is 3.00. The first-order valence-electron chi connectivity index (χ1n) is 4.62. The lowest BCUT2D eigenvalue weighted by Crippen LogP contribution is -2.31. The molecule has 1 aromatic rings. The molecule has 3 nitrogen and oxygen atoms in total. The van der Waals surface area contributed by atoms with Crippen LogP contribution in [0.15, 0.2) is 12.1 Å². The number of anilines is 1. The number of urea groups is 1. The van der Waals surface area contributed by atoms with Crippen molar-refractivity contribution in [3.8, 4) is 0 Å². The van der Waals surface area contributed by atoms with Crippen LogP contribution in [0.1, 0.15) is 6.92 Å². The summed E-state index contributed by atoms with van der Waals surface area (Å²) in [5, 5.41) is 2.66. The van der Waals surface area contributed by atoms with Crippen LogP contribution in [0.3, 0.4) is 0 Å². The highest BCUT2D eigenvalue weighted by atomic mass is 35.5. The summed E-state index contributed by atoms with van der Waals surface area (Å²) in [6.45, 7) is 2.37. The molecule has 0 bridgehead atoms. The number of carbonyl (C=O) groups excluding carboxylic acids is 1. The van der Waals surface area contributed by atoms with Crippen LogP contribution in [0.25, 0.3) is 0 Å². The number of nitrogens with one attached hydrogen (secondary N) is 1. The first-order chi connectivity index (χ1) is 7.45. The summed E-state index contributed by atoms with van der Waals surface area (Å²) in [5.74, 6) is -0.545. The van der Waals surface area contributed by atoms with Crippen molar-refractivity contribution in [1.82, 2.24) is 4.90 Å². The third-order valence-electron chi connectivity index (χ3n) is 2.06. The number of halogens is 3. The van der Waals surface area contributed by atoms with E-state index in [9.17, 15) is 9.18 Å². The van der Waals surface area contributed by atoms with Gasteiger partial charge in [-0.25, -0.2) is 9.18 Å². The van der Waals surface area contributed by atoms with Gasteiger partial charge in [0.15, 0.2) is 0 Å². The molecule has 0 fully saturated rings. The van der Waals surface area contributed by atoms with Crippen molar-refractivity contribution in [2.24, 2.45) is 0 Å². The molecule has 88 valence electrons. The zero-order valence-corrected chi connectivity index (χ0v) is 10.4. The van der Waals surface area contributed by atoms with Crippen LogP contribution in [-0.4, -0.2) is 24.5 Å². The summed E-state index contributed by atoms with van der Waals surface area (Å²) < 4.78 is 12.9. The van der Waals surface area contributed by atoms with Gasteiger partial charge in [0.05, 0.1) is 15.7 Å². The van der Waals surface area contributed by atoms with E-state index in [1.165, 1.54) is 4.90 Å². The van der Waals surface area contributed by atoms with Crippen molar-refractivity contribution in [2.75, 3.05) is 18.9 Å². The highest BCUT2D eigenvalue weighted by Gasteiger charge is 2.13. The van der Waals surface area contributed by atoms with Crippen LogP contribution in [0.5, 0.6) is 0 Å². The van der Waals surface area contributed by atoms with Gasteiger partial charge >= 0.3 is 6.03 Å². The molecular formula is C10H11Cl2FN2O. The van der Waals surface area contributed by atoms with Crippen LogP contribution >= 0.6 is 23.2 Å². The van der Waals surface area contributed by atoms with Gasteiger partial charge in [-0.3, -0.25) is 0 Å². The molecule has 6 heteroatoms. The van der Waals surface area contributed by atoms with Gasteiger partial charge in [0.2, 0.25) is 0 Å². The Labute approximate surface area is 103 Å². The fourth-order valence-corrected chi connectivity index (χ4v) is 1.56. The molecule has 2 amide bonds. The van der Waals surface area contributed by atoms with Gasteiger partial charge < -0.3 is 10.2 Å². The normalized spacial score (nSPS) is 10.1. The van der Waals surface area contributed by atoms with Crippen LogP contribution in [0, 0.1) is 5.82 Å². The lowest BCUT2D eigenvalue weighted by atomic mass is 10.3. The maximum absolute atomic E-state index is 12.9. The van der Waals surface area contributed by atoms with Crippen molar-refractivity contribution in [3.63, 3.8) is 0 Å². The smallest absolute Gasteiger partial charge is 0.321 e. The average Bonchev–Trinajstić information content (AvgIpc) is 2.21. The molecule has 0 spiro atoms. The van der Waals surface area contributed by atoms with E-state index in [2.05, 4.69) is 5.32 Å². The summed E-state index contributed by atoms with van der Waals surface area (Å²) >= 11 is 11.5. The topological polar surface area (TPSA) is 32.3 Å². The maximum atomic E-state index is 12.9. The minimum absolute atomic E-state index is 0.0721. The first kappa shape index (κ1) is 13.1. The Morgan fingerprint density at radius 3 is 2.38 bits per heavy atom. The van der Waals surface area contributed by atoms with Crippen LogP contribution in [0.2, 0.25) is 10.0 Å². The van der Waals surface area contributed by atoms with E-state index < -0.39 is 5.82 Å². The Bertz CT molecular complexity index is 389. The zero-order chi connectivity index (χ0) is 12.3. The van der Waals surface area contributed by atoms with E-state index in [0.29, 0.717) is 6.54 Å². The Morgan fingerprint density at radius 1 is 1.44 bits per heavy atom. The molecule has 0 atom stereocenters. The number of rotatable bonds is 2. The molecule has 1 rings (SSSR count). The van der Waals surface area contributed by atoms with Crippen molar-refractivity contribution in [1.29, 1.82) is 0 Å². The predicted octanol–water partition coefficient (Wildman–Crippen LogP) is 3.62. The molecule has 0 aliphatic carbocycles. The van der Waals surface area contributed by atoms with E-state index in [1.54, 1.807) is 7.05 Å². The van der Waals surface area contributed by atoms with E-state index in [1.807, 2.05) is 6.92 Å². The number of benzene rings is 1. The molecule has 0 aliphatic heterocycles. The minimum atomic E-state index is -0.545. The van der Waals surface area contributed by atoms with Crippen LogP contribution in [-0.2, 0) is 0 Å². The second-order valence-corrected chi connectivity index (χ2v) is 4.00. The Balaban J connectivity index is 2.93. The molecule has 0 heterocycles. The summed E-state index contributed by atoms with van der Waals surface area (Å²) in [5.41, 5.74) is 0.218. The van der Waals surface area contributed by atoms with Crippen molar-refractivity contribution in [3.05, 3.63) is 28.0 Å². The van der Waals surface area contributed by atoms with Gasteiger partial charge in [-0.15, -0.1) is 0 Å². The molecule has 0 unspecified atom stereocenters. The third-order valence-corrected chi connectivity index (χ3v) is 2.66. The second-order valence-electron chi connectivity index (χ2n) is 3.19. The highest BCUT2D eigenvalue weighted by molar-refractivity contribution is 6.39. The van der Waals surface area contributed by atoms with Gasteiger partial charge in [-0.1, -0.05) is 23.2 Å². The number of hydrogen-bond acceptors (Lipinski definition) is 1. The molecule has 0 aliphatic rings. The van der Waals surface area contributed by atoms with Crippen molar-refractivity contribution in [2.45, 2.75) is 6.92 Å². The van der Waals surface area contributed by atoms with Crippen molar-refractivity contribution < 1.29 is 9.18 Å². The quantitative estimate of drug-likeness (QED) is 0.870. The molecule has 0 saturated heterocycles. The molecule has 0 radical (unpaired) electrons. The van der Waals surface area contributed by atoms with Gasteiger partial charge in [0.1, 0.15) is 5.82 Å². The number of nitrogens with zero attached hydrogens (tertiary/aromatic N) is 1. The number of carbonyl (C=O) groups is 1. The Kier molecular flexibility index (Phi) is 4.38. The second kappa shape index (κ2) is 5.37. The van der Waals surface area contributed by atoms with Gasteiger partial charge in [0.25, 0.3) is 0 Å². The highest BCUT2D eigenvalue weighted by Crippen LogP contribution is 2.31. The lowest BCUT2D eigenvalue weighted by Gasteiger charge is -2.16. The standard InChI is InChI=1S/C10H11Cl2FN2O/c1-3-15(2)10(16)14-9-7(11)4-6(13)5-8(9)12/h4-5H,3H2,1-2H3,(H,14,16). The largest absolute Gasteiger partial charge is 0.328 e. The summed E-state index contributed by atoms with van der Waals surface area (Å²) in [7, 11) is 1.63. The molecule has 0 aromatic heterocycles. The van der Waals surface area contributed by atoms with E-state index in [4.69, 9.17) is 23.2 Å². The molecule has 1 aromatic carbocycles. The molecule has 16 heavy (non-hydrogen) atoms. The molecular weight excluding hydrogens is 254 g/mol. The monoisotopic (exact) mass is 264 g/mol. The van der Waals surface area contributed by atoms with Gasteiger partial charge in [-0.2, -0.15) is 0 Å². The lowest BCUT2D eigenvalue weighted by molar-refractivity contribution is 0.224. The minimum Gasteiger partial charge on any atom is -0.328 e. The number of hydrogen-bond donors (Lipinski definition) is 1. The van der Waals surface area contributed by atoms with E-state index in [0.717, 1.165) is 12.1 Å². The fraction of sp³-hybridized carbons (Fsp3) is 0.300. The molecule has 1 N–H and O–H groups in total. The van der Waals surface area contributed by atoms with Crippen molar-refractivity contribution >= 4 is 34.9 Å². The average molecular weight is 265 g/mol. The van der Waals surface area contributed by atoms with Crippen LogP contribution < -0.4 is 5.32 Å². The summed E-state index contributed by atoms with van der Waals surface area (Å²) in [6, 6.07) is 1.84. The SMILES string of the molecule is CCN(C)C(=O)Nc1c(Cl)cc(F)cc1Cl. The zero-order valence-electron chi connectivity index (χ0n) is 8.85. The summed E-state index contributed by atoms with van der Waals surface area (Å²) in [6.07, 6.45) is 0. The van der Waals surface area contributed by atoms with Gasteiger partial charge in [0, 0.05) is 13.6 Å². The van der Waals surface area contributed by atoms with E-state index >= 15 is 0 Å².